The lowest BCUT2D eigenvalue weighted by molar-refractivity contribution is 0.0936. The van der Waals surface area contributed by atoms with Crippen LogP contribution in [0.15, 0.2) is 36.4 Å². The van der Waals surface area contributed by atoms with Gasteiger partial charge in [0.1, 0.15) is 23.1 Å². The first kappa shape index (κ1) is 16.7. The maximum absolute atomic E-state index is 13.8. The number of carbonyl (C=O) groups excluding carboxylic acids is 1. The van der Waals surface area contributed by atoms with Gasteiger partial charge in [0.05, 0.1) is 25.8 Å². The molecular weight excluding hydrogens is 304 g/mol. The smallest absolute Gasteiger partial charge is 0.255 e. The zero-order valence-corrected chi connectivity index (χ0v) is 13.0. The summed E-state index contributed by atoms with van der Waals surface area (Å²) in [5, 5.41) is 2.66. The number of halogens is 2. The summed E-state index contributed by atoms with van der Waals surface area (Å²) in [6.07, 6.45) is 0. The molecule has 0 spiro atoms. The van der Waals surface area contributed by atoms with Crippen molar-refractivity contribution in [1.29, 1.82) is 0 Å². The van der Waals surface area contributed by atoms with E-state index >= 15 is 0 Å². The van der Waals surface area contributed by atoms with Gasteiger partial charge < -0.3 is 14.8 Å². The Labute approximate surface area is 133 Å². The van der Waals surface area contributed by atoms with Gasteiger partial charge in [0.15, 0.2) is 0 Å². The number of hydrogen-bond acceptors (Lipinski definition) is 3. The second-order valence-corrected chi connectivity index (χ2v) is 4.93. The minimum Gasteiger partial charge on any atom is -0.497 e. The van der Waals surface area contributed by atoms with Gasteiger partial charge in [-0.2, -0.15) is 0 Å². The molecule has 2 aromatic rings. The summed E-state index contributed by atoms with van der Waals surface area (Å²) in [5.41, 5.74) is 0.495. The van der Waals surface area contributed by atoms with E-state index in [1.54, 1.807) is 25.1 Å². The van der Waals surface area contributed by atoms with Crippen molar-refractivity contribution >= 4 is 5.91 Å². The van der Waals surface area contributed by atoms with Crippen LogP contribution in [-0.4, -0.2) is 20.1 Å². The highest BCUT2D eigenvalue weighted by Gasteiger charge is 2.18. The number of rotatable bonds is 5. The molecule has 1 atom stereocenters. The first-order chi connectivity index (χ1) is 11.0. The Morgan fingerprint density at radius 3 is 2.43 bits per heavy atom. The molecule has 6 heteroatoms. The Bertz CT molecular complexity index is 719. The number of nitrogens with one attached hydrogen (secondary N) is 1. The number of hydrogen-bond donors (Lipinski definition) is 1. The van der Waals surface area contributed by atoms with Crippen molar-refractivity contribution in [3.63, 3.8) is 0 Å². The first-order valence-electron chi connectivity index (χ1n) is 6.94. The predicted molar refractivity (Wildman–Crippen MR) is 81.8 cm³/mol. The van der Waals surface area contributed by atoms with Gasteiger partial charge in [-0.15, -0.1) is 0 Å². The zero-order valence-electron chi connectivity index (χ0n) is 13.0. The van der Waals surface area contributed by atoms with Crippen LogP contribution in [0.1, 0.15) is 28.9 Å². The van der Waals surface area contributed by atoms with Gasteiger partial charge in [-0.05, 0) is 25.1 Å². The van der Waals surface area contributed by atoms with Gasteiger partial charge in [-0.1, -0.05) is 6.07 Å². The van der Waals surface area contributed by atoms with Crippen LogP contribution in [0.4, 0.5) is 8.78 Å². The number of ether oxygens (including phenoxy) is 2. The minimum absolute atomic E-state index is 0.201. The lowest BCUT2D eigenvalue weighted by Crippen LogP contribution is -2.27. The molecule has 0 saturated carbocycles. The second-order valence-electron chi connectivity index (χ2n) is 4.93. The van der Waals surface area contributed by atoms with Crippen LogP contribution in [0.25, 0.3) is 0 Å². The maximum Gasteiger partial charge on any atom is 0.255 e. The van der Waals surface area contributed by atoms with E-state index in [4.69, 9.17) is 9.47 Å². The molecule has 23 heavy (non-hydrogen) atoms. The lowest BCUT2D eigenvalue weighted by Gasteiger charge is -2.16. The molecule has 0 aliphatic carbocycles. The SMILES string of the molecule is COc1ccc(C(=O)NC(C)c2ccc(F)cc2F)c(OC)c1. The molecule has 1 amide bonds. The molecule has 2 rings (SSSR count). The standard InChI is InChI=1S/C17H17F2NO3/c1-10(13-6-4-11(18)8-15(13)19)20-17(21)14-7-5-12(22-2)9-16(14)23-3/h4-10H,1-3H3,(H,20,21). The molecular formula is C17H17F2NO3. The third-order valence-corrected chi connectivity index (χ3v) is 3.43. The van der Waals surface area contributed by atoms with Crippen LogP contribution in [0.2, 0.25) is 0 Å². The first-order valence-corrected chi connectivity index (χ1v) is 6.94. The average molecular weight is 321 g/mol. The van der Waals surface area contributed by atoms with E-state index in [0.29, 0.717) is 17.1 Å². The van der Waals surface area contributed by atoms with E-state index in [2.05, 4.69) is 5.32 Å². The number of methoxy groups -OCH3 is 2. The van der Waals surface area contributed by atoms with E-state index in [9.17, 15) is 13.6 Å². The van der Waals surface area contributed by atoms with E-state index in [1.165, 1.54) is 20.3 Å². The van der Waals surface area contributed by atoms with E-state index in [-0.39, 0.29) is 5.56 Å². The molecule has 0 heterocycles. The van der Waals surface area contributed by atoms with Crippen molar-refractivity contribution in [3.8, 4) is 11.5 Å². The Hall–Kier alpha value is -2.63. The topological polar surface area (TPSA) is 47.6 Å². The van der Waals surface area contributed by atoms with Crippen molar-refractivity contribution < 1.29 is 23.0 Å². The van der Waals surface area contributed by atoms with Crippen LogP contribution in [0.5, 0.6) is 11.5 Å². The summed E-state index contributed by atoms with van der Waals surface area (Å²) < 4.78 is 37.0. The Morgan fingerprint density at radius 2 is 1.83 bits per heavy atom. The Kier molecular flexibility index (Phi) is 5.16. The largest absolute Gasteiger partial charge is 0.497 e. The predicted octanol–water partition coefficient (Wildman–Crippen LogP) is 3.47. The molecule has 0 bridgehead atoms. The van der Waals surface area contributed by atoms with Crippen LogP contribution >= 0.6 is 0 Å². The van der Waals surface area contributed by atoms with E-state index in [0.717, 1.165) is 12.1 Å². The number of amides is 1. The Morgan fingerprint density at radius 1 is 1.09 bits per heavy atom. The van der Waals surface area contributed by atoms with Crippen molar-refractivity contribution in [3.05, 3.63) is 59.2 Å². The van der Waals surface area contributed by atoms with Crippen LogP contribution < -0.4 is 14.8 Å². The summed E-state index contributed by atoms with van der Waals surface area (Å²) in [4.78, 5) is 12.4. The molecule has 0 saturated heterocycles. The highest BCUT2D eigenvalue weighted by molar-refractivity contribution is 5.97. The van der Waals surface area contributed by atoms with Crippen molar-refractivity contribution in [2.75, 3.05) is 14.2 Å². The van der Waals surface area contributed by atoms with Crippen LogP contribution in [-0.2, 0) is 0 Å². The van der Waals surface area contributed by atoms with Crippen molar-refractivity contribution in [1.82, 2.24) is 5.32 Å². The fraction of sp³-hybridized carbons (Fsp3) is 0.235. The molecule has 4 nitrogen and oxygen atoms in total. The van der Waals surface area contributed by atoms with Gasteiger partial charge in [0.25, 0.3) is 5.91 Å². The van der Waals surface area contributed by atoms with Gasteiger partial charge >= 0.3 is 0 Å². The molecule has 0 radical (unpaired) electrons. The Balaban J connectivity index is 2.21. The zero-order chi connectivity index (χ0) is 17.0. The molecule has 2 aromatic carbocycles. The second kappa shape index (κ2) is 7.09. The normalized spacial score (nSPS) is 11.7. The molecule has 0 aliphatic heterocycles. The fourth-order valence-electron chi connectivity index (χ4n) is 2.19. The molecule has 1 unspecified atom stereocenters. The number of carbonyl (C=O) groups is 1. The highest BCUT2D eigenvalue weighted by atomic mass is 19.1. The summed E-state index contributed by atoms with van der Waals surface area (Å²) in [6, 6.07) is 7.37. The maximum atomic E-state index is 13.8. The highest BCUT2D eigenvalue weighted by Crippen LogP contribution is 2.25. The molecule has 0 fully saturated rings. The monoisotopic (exact) mass is 321 g/mol. The van der Waals surface area contributed by atoms with Gasteiger partial charge in [-0.25, -0.2) is 8.78 Å². The molecule has 122 valence electrons. The third kappa shape index (κ3) is 3.77. The van der Waals surface area contributed by atoms with Crippen LogP contribution in [0.3, 0.4) is 0 Å². The van der Waals surface area contributed by atoms with E-state index in [1.807, 2.05) is 0 Å². The molecule has 0 aliphatic rings. The van der Waals surface area contributed by atoms with Crippen molar-refractivity contribution in [2.45, 2.75) is 13.0 Å². The summed E-state index contributed by atoms with van der Waals surface area (Å²) >= 11 is 0. The quantitative estimate of drug-likeness (QED) is 0.917. The lowest BCUT2D eigenvalue weighted by atomic mass is 10.1. The summed E-state index contributed by atoms with van der Waals surface area (Å²) in [6.45, 7) is 1.62. The molecule has 0 aromatic heterocycles. The third-order valence-electron chi connectivity index (χ3n) is 3.43. The van der Waals surface area contributed by atoms with Crippen LogP contribution in [0, 0.1) is 11.6 Å². The molecule has 1 N–H and O–H groups in total. The van der Waals surface area contributed by atoms with E-state index < -0.39 is 23.6 Å². The van der Waals surface area contributed by atoms with Gasteiger partial charge in [0.2, 0.25) is 0 Å². The average Bonchev–Trinajstić information content (AvgIpc) is 2.53. The van der Waals surface area contributed by atoms with Crippen molar-refractivity contribution in [2.24, 2.45) is 0 Å². The fourth-order valence-corrected chi connectivity index (χ4v) is 2.19. The minimum atomic E-state index is -0.709. The van der Waals surface area contributed by atoms with Gasteiger partial charge in [0, 0.05) is 17.7 Å². The summed E-state index contributed by atoms with van der Waals surface area (Å²) in [7, 11) is 2.95. The summed E-state index contributed by atoms with van der Waals surface area (Å²) in [5.74, 6) is -0.911. The number of benzene rings is 2. The van der Waals surface area contributed by atoms with Gasteiger partial charge in [-0.3, -0.25) is 4.79 Å².